The summed E-state index contributed by atoms with van der Waals surface area (Å²) < 4.78 is 48.5. The third kappa shape index (κ3) is 5.18. The Morgan fingerprint density at radius 3 is 2.56 bits per heavy atom. The van der Waals surface area contributed by atoms with Crippen molar-refractivity contribution in [3.05, 3.63) is 53.8 Å². The number of fused-ring (bicyclic) bond motifs is 1. The SMILES string of the molecule is CS(=O)(=O)N(CCc1ccc(F)cc1)CC(=O)Nc1ccc2c(c1)OCO2. The van der Waals surface area contributed by atoms with Gasteiger partial charge in [-0.05, 0) is 36.2 Å². The van der Waals surface area contributed by atoms with Crippen molar-refractivity contribution in [2.75, 3.05) is 31.5 Å². The number of benzene rings is 2. The van der Waals surface area contributed by atoms with Crippen LogP contribution in [0.4, 0.5) is 10.1 Å². The summed E-state index contributed by atoms with van der Waals surface area (Å²) >= 11 is 0. The van der Waals surface area contributed by atoms with Gasteiger partial charge < -0.3 is 14.8 Å². The third-order valence-corrected chi connectivity index (χ3v) is 5.26. The van der Waals surface area contributed by atoms with Crippen LogP contribution in [0.3, 0.4) is 0 Å². The number of hydrogen-bond donors (Lipinski definition) is 1. The van der Waals surface area contributed by atoms with E-state index < -0.39 is 15.9 Å². The topological polar surface area (TPSA) is 84.9 Å². The number of amides is 1. The lowest BCUT2D eigenvalue weighted by atomic mass is 10.1. The van der Waals surface area contributed by atoms with Crippen LogP contribution in [0.25, 0.3) is 0 Å². The molecule has 0 spiro atoms. The highest BCUT2D eigenvalue weighted by atomic mass is 32.2. The number of nitrogens with zero attached hydrogens (tertiary/aromatic N) is 1. The summed E-state index contributed by atoms with van der Waals surface area (Å²) in [7, 11) is -3.59. The molecule has 0 aliphatic carbocycles. The lowest BCUT2D eigenvalue weighted by Gasteiger charge is -2.19. The Morgan fingerprint density at radius 1 is 1.15 bits per heavy atom. The molecule has 0 saturated carbocycles. The fraction of sp³-hybridized carbons (Fsp3) is 0.278. The zero-order valence-electron chi connectivity index (χ0n) is 14.6. The van der Waals surface area contributed by atoms with Crippen LogP contribution in [0, 0.1) is 5.82 Å². The standard InChI is InChI=1S/C18H19FN2O5S/c1-27(23,24)21(9-8-13-2-4-14(19)5-3-13)11-18(22)20-15-6-7-16-17(10-15)26-12-25-16/h2-7,10H,8-9,11-12H2,1H3,(H,20,22). The van der Waals surface area contributed by atoms with E-state index in [-0.39, 0.29) is 25.7 Å². The highest BCUT2D eigenvalue weighted by molar-refractivity contribution is 7.88. The number of anilines is 1. The van der Waals surface area contributed by atoms with E-state index >= 15 is 0 Å². The van der Waals surface area contributed by atoms with Crippen LogP contribution in [0.5, 0.6) is 11.5 Å². The second-order valence-electron chi connectivity index (χ2n) is 6.09. The molecule has 9 heteroatoms. The van der Waals surface area contributed by atoms with Crippen molar-refractivity contribution in [3.63, 3.8) is 0 Å². The van der Waals surface area contributed by atoms with E-state index in [2.05, 4.69) is 5.32 Å². The number of hydrogen-bond acceptors (Lipinski definition) is 5. The lowest BCUT2D eigenvalue weighted by molar-refractivity contribution is -0.116. The Hall–Kier alpha value is -2.65. The summed E-state index contributed by atoms with van der Waals surface area (Å²) in [5.74, 6) is 0.273. The summed E-state index contributed by atoms with van der Waals surface area (Å²) in [6, 6.07) is 10.7. The smallest absolute Gasteiger partial charge is 0.239 e. The Morgan fingerprint density at radius 2 is 1.85 bits per heavy atom. The molecule has 7 nitrogen and oxygen atoms in total. The van der Waals surface area contributed by atoms with Gasteiger partial charge in [0.15, 0.2) is 11.5 Å². The van der Waals surface area contributed by atoms with Gasteiger partial charge in [0.1, 0.15) is 5.82 Å². The molecule has 1 amide bonds. The maximum absolute atomic E-state index is 13.0. The first-order valence-corrected chi connectivity index (χ1v) is 10.1. The molecule has 0 radical (unpaired) electrons. The largest absolute Gasteiger partial charge is 0.454 e. The first-order valence-electron chi connectivity index (χ1n) is 8.20. The van der Waals surface area contributed by atoms with Crippen molar-refractivity contribution in [1.29, 1.82) is 0 Å². The van der Waals surface area contributed by atoms with E-state index in [1.807, 2.05) is 0 Å². The summed E-state index contributed by atoms with van der Waals surface area (Å²) in [5, 5.41) is 2.65. The molecule has 1 N–H and O–H groups in total. The number of nitrogens with one attached hydrogen (secondary N) is 1. The van der Waals surface area contributed by atoms with Gasteiger partial charge >= 0.3 is 0 Å². The average molecular weight is 394 g/mol. The van der Waals surface area contributed by atoms with Gasteiger partial charge in [-0.3, -0.25) is 4.79 Å². The lowest BCUT2D eigenvalue weighted by Crippen LogP contribution is -2.38. The van der Waals surface area contributed by atoms with Crippen LogP contribution in [0.1, 0.15) is 5.56 Å². The van der Waals surface area contributed by atoms with Gasteiger partial charge in [0.05, 0.1) is 12.8 Å². The van der Waals surface area contributed by atoms with Gasteiger partial charge in [-0.15, -0.1) is 0 Å². The second-order valence-corrected chi connectivity index (χ2v) is 8.07. The van der Waals surface area contributed by atoms with Gasteiger partial charge in [0.25, 0.3) is 0 Å². The number of halogens is 1. The van der Waals surface area contributed by atoms with Gasteiger partial charge in [-0.1, -0.05) is 12.1 Å². The summed E-state index contributed by atoms with van der Waals surface area (Å²) in [4.78, 5) is 12.3. The number of ether oxygens (including phenoxy) is 2. The molecule has 0 bridgehead atoms. The van der Waals surface area contributed by atoms with Gasteiger partial charge in [-0.2, -0.15) is 4.31 Å². The van der Waals surface area contributed by atoms with Crippen molar-refractivity contribution in [3.8, 4) is 11.5 Å². The minimum atomic E-state index is -3.59. The molecule has 0 fully saturated rings. The quantitative estimate of drug-likeness (QED) is 0.776. The number of rotatable bonds is 7. The zero-order valence-corrected chi connectivity index (χ0v) is 15.5. The molecule has 0 aromatic heterocycles. The molecule has 1 aliphatic heterocycles. The van der Waals surface area contributed by atoms with E-state index in [0.29, 0.717) is 23.6 Å². The van der Waals surface area contributed by atoms with Gasteiger partial charge in [0, 0.05) is 18.3 Å². The zero-order chi connectivity index (χ0) is 19.4. The van der Waals surface area contributed by atoms with Crippen LogP contribution < -0.4 is 14.8 Å². The Kier molecular flexibility index (Phi) is 5.62. The van der Waals surface area contributed by atoms with Crippen molar-refractivity contribution in [2.45, 2.75) is 6.42 Å². The maximum atomic E-state index is 13.0. The fourth-order valence-electron chi connectivity index (χ4n) is 2.60. The molecular weight excluding hydrogens is 375 g/mol. The van der Waals surface area contributed by atoms with Gasteiger partial charge in [-0.25, -0.2) is 12.8 Å². The predicted octanol–water partition coefficient (Wildman–Crippen LogP) is 2.00. The van der Waals surface area contributed by atoms with E-state index in [1.165, 1.54) is 12.1 Å². The van der Waals surface area contributed by atoms with Crippen LogP contribution in [-0.4, -0.2) is 44.8 Å². The number of sulfonamides is 1. The van der Waals surface area contributed by atoms with Crippen molar-refractivity contribution >= 4 is 21.6 Å². The van der Waals surface area contributed by atoms with Gasteiger partial charge in [0.2, 0.25) is 22.7 Å². The predicted molar refractivity (Wildman–Crippen MR) is 97.7 cm³/mol. The molecule has 0 unspecified atom stereocenters. The molecule has 144 valence electrons. The second kappa shape index (κ2) is 7.93. The van der Waals surface area contributed by atoms with E-state index in [4.69, 9.17) is 9.47 Å². The molecule has 1 heterocycles. The number of carbonyl (C=O) groups is 1. The first-order chi connectivity index (χ1) is 12.8. The summed E-state index contributed by atoms with van der Waals surface area (Å²) in [6.07, 6.45) is 1.41. The van der Waals surface area contributed by atoms with Crippen molar-refractivity contribution in [2.24, 2.45) is 0 Å². The minimum absolute atomic E-state index is 0.110. The monoisotopic (exact) mass is 394 g/mol. The molecule has 27 heavy (non-hydrogen) atoms. The van der Waals surface area contributed by atoms with Crippen molar-refractivity contribution < 1.29 is 27.1 Å². The van der Waals surface area contributed by atoms with Crippen LogP contribution in [0.15, 0.2) is 42.5 Å². The first kappa shape index (κ1) is 19.1. The van der Waals surface area contributed by atoms with Crippen molar-refractivity contribution in [1.82, 2.24) is 4.31 Å². The van der Waals surface area contributed by atoms with E-state index in [9.17, 15) is 17.6 Å². The van der Waals surface area contributed by atoms with E-state index in [0.717, 1.165) is 16.1 Å². The molecule has 0 saturated heterocycles. The highest BCUT2D eigenvalue weighted by Crippen LogP contribution is 2.34. The van der Waals surface area contributed by atoms with E-state index in [1.54, 1.807) is 30.3 Å². The Bertz CT molecular complexity index is 931. The molecule has 2 aromatic carbocycles. The fourth-order valence-corrected chi connectivity index (χ4v) is 3.38. The van der Waals surface area contributed by atoms with Crippen LogP contribution >= 0.6 is 0 Å². The normalized spacial score (nSPS) is 13.0. The molecule has 3 rings (SSSR count). The Balaban J connectivity index is 1.61. The summed E-state index contributed by atoms with van der Waals surface area (Å²) in [6.45, 7) is -0.0918. The highest BCUT2D eigenvalue weighted by Gasteiger charge is 2.21. The minimum Gasteiger partial charge on any atom is -0.454 e. The third-order valence-electron chi connectivity index (χ3n) is 4.01. The van der Waals surface area contributed by atoms with Crippen LogP contribution in [0.2, 0.25) is 0 Å². The Labute approximate surface area is 156 Å². The number of carbonyl (C=O) groups excluding carboxylic acids is 1. The molecular formula is C18H19FN2O5S. The van der Waals surface area contributed by atoms with Crippen LogP contribution in [-0.2, 0) is 21.2 Å². The maximum Gasteiger partial charge on any atom is 0.239 e. The molecule has 0 atom stereocenters. The molecule has 1 aliphatic rings. The molecule has 2 aromatic rings. The summed E-state index contributed by atoms with van der Waals surface area (Å²) in [5.41, 5.74) is 1.26. The average Bonchev–Trinajstić information content (AvgIpc) is 3.06.